The zero-order valence-electron chi connectivity index (χ0n) is 11.9. The van der Waals surface area contributed by atoms with E-state index in [0.29, 0.717) is 12.8 Å². The number of carbonyl (C=O) groups is 2. The average molecular weight is 259 g/mol. The van der Waals surface area contributed by atoms with Crippen molar-refractivity contribution in [2.45, 2.75) is 59.1 Å². The van der Waals surface area contributed by atoms with Gasteiger partial charge in [0.25, 0.3) is 0 Å². The van der Waals surface area contributed by atoms with E-state index < -0.39 is 29.5 Å². The van der Waals surface area contributed by atoms with Crippen LogP contribution in [0.4, 0.5) is 0 Å². The van der Waals surface area contributed by atoms with Gasteiger partial charge in [-0.1, -0.05) is 26.7 Å². The van der Waals surface area contributed by atoms with E-state index in [1.54, 1.807) is 20.8 Å². The van der Waals surface area contributed by atoms with Crippen LogP contribution in [-0.4, -0.2) is 28.7 Å². The van der Waals surface area contributed by atoms with Gasteiger partial charge in [-0.2, -0.15) is 0 Å². The number of carbonyl (C=O) groups excluding carboxylic acids is 1. The van der Waals surface area contributed by atoms with E-state index in [0.717, 1.165) is 0 Å². The summed E-state index contributed by atoms with van der Waals surface area (Å²) in [5, 5.41) is 9.01. The van der Waals surface area contributed by atoms with Gasteiger partial charge < -0.3 is 15.6 Å². The molecule has 106 valence electrons. The van der Waals surface area contributed by atoms with Crippen molar-refractivity contribution in [1.29, 1.82) is 0 Å². The summed E-state index contributed by atoms with van der Waals surface area (Å²) in [7, 11) is 0. The fourth-order valence-corrected chi connectivity index (χ4v) is 1.95. The number of hydrogen-bond acceptors (Lipinski definition) is 4. The molecule has 0 heterocycles. The first-order chi connectivity index (χ1) is 8.14. The van der Waals surface area contributed by atoms with Crippen LogP contribution in [0.3, 0.4) is 0 Å². The second-order valence-corrected chi connectivity index (χ2v) is 5.50. The predicted molar refractivity (Wildman–Crippen MR) is 69.0 cm³/mol. The molecule has 0 aromatic carbocycles. The Kier molecular flexibility index (Phi) is 6.32. The molecule has 2 atom stereocenters. The third-order valence-electron chi connectivity index (χ3n) is 2.91. The Bertz CT molecular complexity index is 292. The zero-order chi connectivity index (χ0) is 14.5. The van der Waals surface area contributed by atoms with Gasteiger partial charge in [0.1, 0.15) is 11.6 Å². The highest BCUT2D eigenvalue weighted by molar-refractivity contribution is 5.83. The van der Waals surface area contributed by atoms with Gasteiger partial charge in [-0.25, -0.2) is 0 Å². The van der Waals surface area contributed by atoms with E-state index in [4.69, 9.17) is 15.6 Å². The van der Waals surface area contributed by atoms with Gasteiger partial charge >= 0.3 is 11.9 Å². The SMILES string of the molecule is CCC(CC)[C@H](C(=O)OC(C)(C)C)[C@H](N)C(=O)O. The van der Waals surface area contributed by atoms with Crippen LogP contribution < -0.4 is 5.73 Å². The topological polar surface area (TPSA) is 89.6 Å². The fraction of sp³-hybridized carbons (Fsp3) is 0.846. The number of ether oxygens (including phenoxy) is 1. The normalized spacial score (nSPS) is 15.3. The molecule has 0 aliphatic rings. The van der Waals surface area contributed by atoms with Crippen LogP contribution in [-0.2, 0) is 14.3 Å². The number of nitrogens with two attached hydrogens (primary N) is 1. The molecule has 5 nitrogen and oxygen atoms in total. The summed E-state index contributed by atoms with van der Waals surface area (Å²) in [6.45, 7) is 9.09. The smallest absolute Gasteiger partial charge is 0.321 e. The molecule has 0 unspecified atom stereocenters. The number of rotatable bonds is 6. The minimum Gasteiger partial charge on any atom is -0.480 e. The number of hydrogen-bond donors (Lipinski definition) is 2. The summed E-state index contributed by atoms with van der Waals surface area (Å²) < 4.78 is 5.27. The highest BCUT2D eigenvalue weighted by atomic mass is 16.6. The second kappa shape index (κ2) is 6.73. The predicted octanol–water partition coefficient (Wildman–Crippen LogP) is 1.79. The third-order valence-corrected chi connectivity index (χ3v) is 2.91. The van der Waals surface area contributed by atoms with E-state index in [9.17, 15) is 9.59 Å². The van der Waals surface area contributed by atoms with E-state index in [1.165, 1.54) is 0 Å². The summed E-state index contributed by atoms with van der Waals surface area (Å²) in [5.74, 6) is -2.56. The number of aliphatic carboxylic acids is 1. The van der Waals surface area contributed by atoms with Crippen molar-refractivity contribution in [2.24, 2.45) is 17.6 Å². The van der Waals surface area contributed by atoms with Crippen LogP contribution >= 0.6 is 0 Å². The number of esters is 1. The Balaban J connectivity index is 5.08. The van der Waals surface area contributed by atoms with Gasteiger partial charge in [-0.3, -0.25) is 9.59 Å². The van der Waals surface area contributed by atoms with Crippen LogP contribution in [0.2, 0.25) is 0 Å². The van der Waals surface area contributed by atoms with E-state index in [2.05, 4.69) is 0 Å². The first-order valence-corrected chi connectivity index (χ1v) is 6.35. The third kappa shape index (κ3) is 5.04. The first kappa shape index (κ1) is 16.9. The van der Waals surface area contributed by atoms with Crippen LogP contribution in [0.15, 0.2) is 0 Å². The highest BCUT2D eigenvalue weighted by Crippen LogP contribution is 2.25. The lowest BCUT2D eigenvalue weighted by Gasteiger charge is -2.30. The molecule has 3 N–H and O–H groups in total. The molecule has 0 aliphatic heterocycles. The quantitative estimate of drug-likeness (QED) is 0.710. The number of carboxylic acid groups (broad SMARTS) is 1. The van der Waals surface area contributed by atoms with Crippen LogP contribution in [0.25, 0.3) is 0 Å². The molecule has 0 saturated carbocycles. The monoisotopic (exact) mass is 259 g/mol. The van der Waals surface area contributed by atoms with Gasteiger partial charge in [-0.05, 0) is 26.7 Å². The summed E-state index contributed by atoms with van der Waals surface area (Å²) in [6.07, 6.45) is 1.39. The van der Waals surface area contributed by atoms with Gasteiger partial charge in [0.2, 0.25) is 0 Å². The highest BCUT2D eigenvalue weighted by Gasteiger charge is 2.38. The van der Waals surface area contributed by atoms with Crippen molar-refractivity contribution in [3.63, 3.8) is 0 Å². The van der Waals surface area contributed by atoms with Crippen molar-refractivity contribution in [1.82, 2.24) is 0 Å². The molecule has 0 radical (unpaired) electrons. The maximum absolute atomic E-state index is 12.1. The zero-order valence-corrected chi connectivity index (χ0v) is 11.9. The molecule has 0 aromatic heterocycles. The summed E-state index contributed by atoms with van der Waals surface area (Å²) >= 11 is 0. The maximum atomic E-state index is 12.1. The lowest BCUT2D eigenvalue weighted by molar-refractivity contribution is -0.166. The lowest BCUT2D eigenvalue weighted by Crippen LogP contribution is -2.47. The maximum Gasteiger partial charge on any atom is 0.321 e. The summed E-state index contributed by atoms with van der Waals surface area (Å²) in [4.78, 5) is 23.1. The van der Waals surface area contributed by atoms with Crippen molar-refractivity contribution >= 4 is 11.9 Å². The summed E-state index contributed by atoms with van der Waals surface area (Å²) in [6, 6.07) is -1.22. The van der Waals surface area contributed by atoms with Crippen LogP contribution in [0, 0.1) is 11.8 Å². The molecule has 5 heteroatoms. The minimum atomic E-state index is -1.22. The molecule has 0 amide bonds. The standard InChI is InChI=1S/C13H25NO4/c1-6-8(7-2)9(10(14)11(15)16)12(17)18-13(3,4)5/h8-10H,6-7,14H2,1-5H3,(H,15,16)/t9-,10-/m0/s1. The van der Waals surface area contributed by atoms with Gasteiger partial charge in [-0.15, -0.1) is 0 Å². The lowest BCUT2D eigenvalue weighted by atomic mass is 9.82. The van der Waals surface area contributed by atoms with Crippen molar-refractivity contribution in [2.75, 3.05) is 0 Å². The molecule has 0 bridgehead atoms. The Hall–Kier alpha value is -1.10. The molecule has 0 spiro atoms. The molecule has 0 fully saturated rings. The molecule has 0 aromatic rings. The van der Waals surface area contributed by atoms with Gasteiger partial charge in [0, 0.05) is 0 Å². The average Bonchev–Trinajstić information content (AvgIpc) is 2.21. The molecule has 0 saturated heterocycles. The Morgan fingerprint density at radius 1 is 1.22 bits per heavy atom. The van der Waals surface area contributed by atoms with Gasteiger partial charge in [0.05, 0.1) is 5.92 Å². The fourth-order valence-electron chi connectivity index (χ4n) is 1.95. The van der Waals surface area contributed by atoms with E-state index in [1.807, 2.05) is 13.8 Å². The molecule has 0 rings (SSSR count). The van der Waals surface area contributed by atoms with Crippen molar-refractivity contribution in [3.8, 4) is 0 Å². The largest absolute Gasteiger partial charge is 0.480 e. The molecule has 0 aliphatic carbocycles. The Morgan fingerprint density at radius 3 is 1.94 bits per heavy atom. The van der Waals surface area contributed by atoms with Gasteiger partial charge in [0.15, 0.2) is 0 Å². The first-order valence-electron chi connectivity index (χ1n) is 6.35. The van der Waals surface area contributed by atoms with Crippen molar-refractivity contribution < 1.29 is 19.4 Å². The number of carboxylic acids is 1. The van der Waals surface area contributed by atoms with Crippen molar-refractivity contribution in [3.05, 3.63) is 0 Å². The van der Waals surface area contributed by atoms with Crippen LogP contribution in [0.5, 0.6) is 0 Å². The Labute approximate surface area is 109 Å². The minimum absolute atomic E-state index is 0.0778. The molecular formula is C13H25NO4. The summed E-state index contributed by atoms with van der Waals surface area (Å²) in [5.41, 5.74) is 4.99. The molecule has 18 heavy (non-hydrogen) atoms. The second-order valence-electron chi connectivity index (χ2n) is 5.50. The van der Waals surface area contributed by atoms with E-state index >= 15 is 0 Å². The van der Waals surface area contributed by atoms with E-state index in [-0.39, 0.29) is 5.92 Å². The Morgan fingerprint density at radius 2 is 1.67 bits per heavy atom. The molecular weight excluding hydrogens is 234 g/mol. The van der Waals surface area contributed by atoms with Crippen LogP contribution in [0.1, 0.15) is 47.5 Å².